The smallest absolute Gasteiger partial charge is 0.141 e. The van der Waals surface area contributed by atoms with Gasteiger partial charge in [0.15, 0.2) is 0 Å². The summed E-state index contributed by atoms with van der Waals surface area (Å²) in [6.07, 6.45) is 9.35. The summed E-state index contributed by atoms with van der Waals surface area (Å²) in [4.78, 5) is 0. The molecule has 2 aliphatic rings. The van der Waals surface area contributed by atoms with Crippen molar-refractivity contribution in [1.82, 2.24) is 18.3 Å². The second-order valence-electron chi connectivity index (χ2n) is 7.25. The van der Waals surface area contributed by atoms with Crippen molar-refractivity contribution in [2.45, 2.75) is 52.4 Å². The number of nitrogens with zero attached hydrogens (tertiary/aromatic N) is 4. The van der Waals surface area contributed by atoms with Crippen LogP contribution in [0.5, 0.6) is 0 Å². The third-order valence-electron chi connectivity index (χ3n) is 4.18. The molecule has 0 bridgehead atoms. The second kappa shape index (κ2) is 6.81. The molecule has 0 N–H and O–H groups in total. The number of rotatable bonds is 4. The van der Waals surface area contributed by atoms with E-state index in [2.05, 4.69) is 95.4 Å². The van der Waals surface area contributed by atoms with E-state index in [0.29, 0.717) is 0 Å². The van der Waals surface area contributed by atoms with Gasteiger partial charge in [0.05, 0.1) is 0 Å². The predicted octanol–water partition coefficient (Wildman–Crippen LogP) is 2.22. The van der Waals surface area contributed by atoms with E-state index < -0.39 is 35.8 Å². The highest BCUT2D eigenvalue weighted by atomic mass is 28.3. The molecule has 0 aliphatic carbocycles. The van der Waals surface area contributed by atoms with Crippen LogP contribution in [0.25, 0.3) is 0 Å². The Morgan fingerprint density at radius 1 is 0.455 bits per heavy atom. The molecule has 0 aromatic carbocycles. The van der Waals surface area contributed by atoms with Gasteiger partial charge >= 0.3 is 0 Å². The molecule has 8 heteroatoms. The lowest BCUT2D eigenvalue weighted by Crippen LogP contribution is -2.44. The lowest BCUT2D eigenvalue weighted by molar-refractivity contribution is 0.483. The minimum absolute atomic E-state index is 0.915. The normalized spacial score (nSPS) is 18.7. The minimum atomic E-state index is -0.915. The molecular formula is C14H32N4Si4. The summed E-state index contributed by atoms with van der Waals surface area (Å²) in [7, 11) is -3.66. The summed E-state index contributed by atoms with van der Waals surface area (Å²) in [5, 5.41) is 0. The van der Waals surface area contributed by atoms with Crippen LogP contribution in [0.4, 0.5) is 0 Å². The molecule has 0 unspecified atom stereocenters. The fourth-order valence-corrected chi connectivity index (χ4v) is 7.87. The van der Waals surface area contributed by atoms with Gasteiger partial charge in [0.25, 0.3) is 0 Å². The summed E-state index contributed by atoms with van der Waals surface area (Å²) in [6, 6.07) is 0. The van der Waals surface area contributed by atoms with Crippen LogP contribution in [-0.2, 0) is 0 Å². The van der Waals surface area contributed by atoms with Crippen LogP contribution in [0, 0.1) is 0 Å². The molecule has 0 saturated heterocycles. The van der Waals surface area contributed by atoms with E-state index >= 15 is 0 Å². The van der Waals surface area contributed by atoms with Crippen molar-refractivity contribution in [3.8, 4) is 0 Å². The lowest BCUT2D eigenvalue weighted by Gasteiger charge is -2.38. The van der Waals surface area contributed by atoms with E-state index in [9.17, 15) is 0 Å². The van der Waals surface area contributed by atoms with Crippen molar-refractivity contribution in [1.29, 1.82) is 0 Å². The molecule has 124 valence electrons. The van der Waals surface area contributed by atoms with Crippen molar-refractivity contribution < 1.29 is 0 Å². The van der Waals surface area contributed by atoms with Gasteiger partial charge in [-0.3, -0.25) is 0 Å². The first-order chi connectivity index (χ1) is 10.3. The van der Waals surface area contributed by atoms with Gasteiger partial charge in [0.2, 0.25) is 0 Å². The van der Waals surface area contributed by atoms with Crippen LogP contribution < -0.4 is 0 Å². The fourth-order valence-electron chi connectivity index (χ4n) is 2.97. The molecule has 2 aliphatic heterocycles. The highest BCUT2D eigenvalue weighted by Gasteiger charge is 2.35. The van der Waals surface area contributed by atoms with E-state index in [-0.39, 0.29) is 0 Å². The molecule has 4 nitrogen and oxygen atoms in total. The Bertz CT molecular complexity index is 415. The van der Waals surface area contributed by atoms with Gasteiger partial charge in [-0.2, -0.15) is 0 Å². The van der Waals surface area contributed by atoms with Gasteiger partial charge in [-0.1, -0.05) is 52.4 Å². The Labute approximate surface area is 143 Å². The molecule has 0 aromatic rings. The largest absolute Gasteiger partial charge is 0.361 e. The van der Waals surface area contributed by atoms with Crippen LogP contribution in [-0.4, -0.2) is 54.1 Å². The summed E-state index contributed by atoms with van der Waals surface area (Å²) >= 11 is 0. The molecule has 2 heterocycles. The molecule has 0 fully saturated rings. The average Bonchev–Trinajstić information content (AvgIpc) is 3.01. The van der Waals surface area contributed by atoms with E-state index in [1.165, 1.54) is 11.6 Å². The Hall–Kier alpha value is -0.712. The first-order valence-electron chi connectivity index (χ1n) is 8.50. The summed E-state index contributed by atoms with van der Waals surface area (Å²) in [5.41, 5.74) is 0. The SMILES string of the molecule is C[SiH](C)N1C=CN([SiH](C)C)C1=C1N([SiH](C)C)C=CN1[SiH](C)C. The topological polar surface area (TPSA) is 13.0 Å². The number of hydrogen-bond acceptors (Lipinski definition) is 4. The Morgan fingerprint density at radius 2 is 0.636 bits per heavy atom. The third-order valence-corrected chi connectivity index (χ3v) is 10.3. The molecule has 0 radical (unpaired) electrons. The molecule has 22 heavy (non-hydrogen) atoms. The molecule has 0 spiro atoms. The fraction of sp³-hybridized carbons (Fsp3) is 0.571. The van der Waals surface area contributed by atoms with Crippen LogP contribution in [0.2, 0.25) is 52.4 Å². The first kappa shape index (κ1) is 17.6. The molecule has 0 aromatic heterocycles. The molecule has 0 saturated carbocycles. The van der Waals surface area contributed by atoms with Crippen LogP contribution in [0.15, 0.2) is 36.4 Å². The second-order valence-corrected chi connectivity index (χ2v) is 18.2. The number of hydrogen-bond donors (Lipinski definition) is 0. The first-order valence-corrected chi connectivity index (χ1v) is 19.8. The maximum Gasteiger partial charge on any atom is 0.141 e. The maximum absolute atomic E-state index is 2.60. The van der Waals surface area contributed by atoms with Gasteiger partial charge in [-0.15, -0.1) is 0 Å². The Morgan fingerprint density at radius 3 is 0.773 bits per heavy atom. The Balaban J connectivity index is 2.57. The van der Waals surface area contributed by atoms with Gasteiger partial charge in [-0.25, -0.2) is 0 Å². The maximum atomic E-state index is 2.60. The molecular weight excluding hydrogens is 337 g/mol. The lowest BCUT2D eigenvalue weighted by atomic mass is 10.6. The zero-order chi connectivity index (χ0) is 16.6. The van der Waals surface area contributed by atoms with Crippen LogP contribution in [0.1, 0.15) is 0 Å². The average molecular weight is 369 g/mol. The summed E-state index contributed by atoms with van der Waals surface area (Å²) < 4.78 is 10.4. The minimum Gasteiger partial charge on any atom is -0.361 e. The van der Waals surface area contributed by atoms with Crippen molar-refractivity contribution >= 4 is 35.8 Å². The van der Waals surface area contributed by atoms with Gasteiger partial charge < -0.3 is 18.3 Å². The highest BCUT2D eigenvalue weighted by Crippen LogP contribution is 2.33. The van der Waals surface area contributed by atoms with Gasteiger partial charge in [-0.05, 0) is 0 Å². The van der Waals surface area contributed by atoms with E-state index in [1.807, 2.05) is 0 Å². The van der Waals surface area contributed by atoms with Crippen molar-refractivity contribution in [2.75, 3.05) is 0 Å². The zero-order valence-electron chi connectivity index (χ0n) is 15.4. The van der Waals surface area contributed by atoms with E-state index in [1.54, 1.807) is 0 Å². The van der Waals surface area contributed by atoms with Gasteiger partial charge in [0.1, 0.15) is 47.5 Å². The van der Waals surface area contributed by atoms with Gasteiger partial charge in [0, 0.05) is 24.8 Å². The van der Waals surface area contributed by atoms with Crippen molar-refractivity contribution in [3.63, 3.8) is 0 Å². The van der Waals surface area contributed by atoms with E-state index in [4.69, 9.17) is 0 Å². The quantitative estimate of drug-likeness (QED) is 0.705. The molecule has 0 amide bonds. The van der Waals surface area contributed by atoms with E-state index in [0.717, 1.165) is 0 Å². The third kappa shape index (κ3) is 3.15. The van der Waals surface area contributed by atoms with Crippen LogP contribution in [0.3, 0.4) is 0 Å². The zero-order valence-corrected chi connectivity index (χ0v) is 20.0. The standard InChI is InChI=1S/C14H32N4Si4/c1-19(2)15-9-10-16(20(3)4)13(15)14-17(21(5)6)11-12-18(14)22(7)8/h9-12,19-22H,1-8H3. The highest BCUT2D eigenvalue weighted by molar-refractivity contribution is 6.57. The van der Waals surface area contributed by atoms with Crippen molar-refractivity contribution in [2.24, 2.45) is 0 Å². The monoisotopic (exact) mass is 368 g/mol. The molecule has 0 atom stereocenters. The van der Waals surface area contributed by atoms with Crippen molar-refractivity contribution in [3.05, 3.63) is 36.4 Å². The Kier molecular flexibility index (Phi) is 5.46. The summed E-state index contributed by atoms with van der Waals surface area (Å²) in [5.74, 6) is 2.96. The van der Waals surface area contributed by atoms with Crippen LogP contribution >= 0.6 is 0 Å². The summed E-state index contributed by atoms with van der Waals surface area (Å²) in [6.45, 7) is 19.4. The molecule has 2 rings (SSSR count). The predicted molar refractivity (Wildman–Crippen MR) is 108 cm³/mol.